The van der Waals surface area contributed by atoms with E-state index in [0.29, 0.717) is 31.2 Å². The van der Waals surface area contributed by atoms with Gasteiger partial charge in [0.25, 0.3) is 5.91 Å². The zero-order valence-electron chi connectivity index (χ0n) is 20.1. The summed E-state index contributed by atoms with van der Waals surface area (Å²) in [7, 11) is 3.96. The molecule has 0 spiro atoms. The topological polar surface area (TPSA) is 79.4 Å². The summed E-state index contributed by atoms with van der Waals surface area (Å²) >= 11 is 0. The molecule has 0 unspecified atom stereocenters. The Kier molecular flexibility index (Phi) is 8.98. The van der Waals surface area contributed by atoms with E-state index in [-0.39, 0.29) is 17.1 Å². The first-order chi connectivity index (χ1) is 17.5. The van der Waals surface area contributed by atoms with E-state index < -0.39 is 23.6 Å². The summed E-state index contributed by atoms with van der Waals surface area (Å²) in [5, 5.41) is 5.55. The van der Waals surface area contributed by atoms with E-state index in [4.69, 9.17) is 4.74 Å². The number of alkyl halides is 5. The Morgan fingerprint density at radius 2 is 1.73 bits per heavy atom. The van der Waals surface area contributed by atoms with Crippen LogP contribution < -0.4 is 15.4 Å². The number of benzene rings is 1. The largest absolute Gasteiger partial charge is 0.478 e. The number of hydrogen-bond donors (Lipinski definition) is 2. The van der Waals surface area contributed by atoms with E-state index in [0.717, 1.165) is 30.7 Å². The van der Waals surface area contributed by atoms with Gasteiger partial charge in [-0.05, 0) is 56.4 Å². The second-order valence-electron chi connectivity index (χ2n) is 8.36. The Hall–Kier alpha value is -3.80. The van der Waals surface area contributed by atoms with Crippen LogP contribution in [0.2, 0.25) is 0 Å². The minimum Gasteiger partial charge on any atom is -0.478 e. The number of nitrogens with one attached hydrogen (secondary N) is 2. The van der Waals surface area contributed by atoms with Crippen LogP contribution in [-0.2, 0) is 12.5 Å². The third kappa shape index (κ3) is 7.59. The molecule has 0 saturated carbocycles. The second-order valence-corrected chi connectivity index (χ2v) is 8.36. The second kappa shape index (κ2) is 12.0. The number of anilines is 2. The first-order valence-corrected chi connectivity index (χ1v) is 11.2. The molecule has 37 heavy (non-hydrogen) atoms. The summed E-state index contributed by atoms with van der Waals surface area (Å²) in [4.78, 5) is 23.2. The molecule has 12 heteroatoms. The Bertz CT molecular complexity index is 1190. The van der Waals surface area contributed by atoms with Crippen LogP contribution in [0.4, 0.5) is 33.5 Å². The van der Waals surface area contributed by atoms with Gasteiger partial charge in [-0.25, -0.2) is 9.97 Å². The number of carbonyl (C=O) groups is 1. The van der Waals surface area contributed by atoms with Crippen LogP contribution >= 0.6 is 0 Å². The predicted molar refractivity (Wildman–Crippen MR) is 129 cm³/mol. The monoisotopic (exact) mass is 523 g/mol. The fourth-order valence-corrected chi connectivity index (χ4v) is 3.24. The van der Waals surface area contributed by atoms with Crippen molar-refractivity contribution in [3.63, 3.8) is 0 Å². The molecule has 0 radical (unpaired) electrons. The lowest BCUT2D eigenvalue weighted by molar-refractivity contribution is -0.289. The number of ether oxygens (including phenoxy) is 1. The van der Waals surface area contributed by atoms with Crippen LogP contribution in [0, 0.1) is 0 Å². The van der Waals surface area contributed by atoms with Gasteiger partial charge in [0.15, 0.2) is 0 Å². The van der Waals surface area contributed by atoms with Gasteiger partial charge in [-0.2, -0.15) is 22.0 Å². The highest BCUT2D eigenvalue weighted by Gasteiger charge is 2.58. The van der Waals surface area contributed by atoms with E-state index in [1.165, 1.54) is 12.3 Å². The molecule has 0 aliphatic heterocycles. The molecule has 2 aromatic heterocycles. The van der Waals surface area contributed by atoms with Crippen molar-refractivity contribution in [2.75, 3.05) is 37.9 Å². The quantitative estimate of drug-likeness (QED) is 0.262. The fraction of sp³-hybridized carbons (Fsp3) is 0.320. The van der Waals surface area contributed by atoms with Crippen molar-refractivity contribution < 1.29 is 31.5 Å². The van der Waals surface area contributed by atoms with E-state index in [1.807, 2.05) is 14.1 Å². The Balaban J connectivity index is 1.63. The predicted octanol–water partition coefficient (Wildman–Crippen LogP) is 5.33. The summed E-state index contributed by atoms with van der Waals surface area (Å²) in [5.74, 6) is -4.90. The molecule has 0 fully saturated rings. The van der Waals surface area contributed by atoms with Crippen molar-refractivity contribution in [2.45, 2.75) is 25.1 Å². The maximum Gasteiger partial charge on any atom is 0.458 e. The summed E-state index contributed by atoms with van der Waals surface area (Å²) in [6.45, 7) is 1.70. The molecular weight excluding hydrogens is 497 g/mol. The van der Waals surface area contributed by atoms with Gasteiger partial charge in [0.2, 0.25) is 5.88 Å². The molecule has 0 atom stereocenters. The average molecular weight is 524 g/mol. The highest BCUT2D eigenvalue weighted by atomic mass is 19.4. The highest BCUT2D eigenvalue weighted by Crippen LogP contribution is 2.43. The lowest BCUT2D eigenvalue weighted by Crippen LogP contribution is -2.33. The van der Waals surface area contributed by atoms with Crippen LogP contribution in [-0.4, -0.2) is 54.2 Å². The molecule has 198 valence electrons. The molecule has 3 aromatic rings. The third-order valence-electron chi connectivity index (χ3n) is 5.17. The van der Waals surface area contributed by atoms with E-state index in [1.54, 1.807) is 24.4 Å². The number of nitrogens with zero attached hydrogens (tertiary/aromatic N) is 3. The number of hydrogen-bond acceptors (Lipinski definition) is 6. The number of halogens is 5. The maximum atomic E-state index is 13.5. The van der Waals surface area contributed by atoms with Gasteiger partial charge in [0.05, 0.1) is 12.2 Å². The molecular formula is C25H26F5N5O2. The molecule has 2 heterocycles. The molecule has 0 bridgehead atoms. The lowest BCUT2D eigenvalue weighted by atomic mass is 10.1. The number of amides is 1. The molecule has 0 saturated heterocycles. The average Bonchev–Trinajstić information content (AvgIpc) is 2.85. The van der Waals surface area contributed by atoms with Crippen molar-refractivity contribution >= 4 is 17.4 Å². The van der Waals surface area contributed by atoms with Crippen LogP contribution in [0.3, 0.4) is 0 Å². The van der Waals surface area contributed by atoms with Crippen molar-refractivity contribution in [3.05, 3.63) is 77.6 Å². The fourth-order valence-electron chi connectivity index (χ4n) is 3.24. The van der Waals surface area contributed by atoms with Crippen molar-refractivity contribution in [1.82, 2.24) is 14.9 Å². The van der Waals surface area contributed by atoms with Crippen LogP contribution in [0.1, 0.15) is 27.9 Å². The van der Waals surface area contributed by atoms with Crippen LogP contribution in [0.25, 0.3) is 0 Å². The SMILES string of the molecule is CN(C)CCCOc1cc(CNc2ncccc2C(=O)Nc2ccc(C(F)(F)C(F)(F)F)cc2)ccn1. The Morgan fingerprint density at radius 1 is 1.00 bits per heavy atom. The van der Waals surface area contributed by atoms with Gasteiger partial charge < -0.3 is 20.3 Å². The number of rotatable bonds is 11. The van der Waals surface area contributed by atoms with Gasteiger partial charge in [-0.15, -0.1) is 0 Å². The Labute approximate surface area is 210 Å². The van der Waals surface area contributed by atoms with Crippen LogP contribution in [0.5, 0.6) is 5.88 Å². The third-order valence-corrected chi connectivity index (χ3v) is 5.17. The zero-order valence-corrected chi connectivity index (χ0v) is 20.1. The van der Waals surface area contributed by atoms with E-state index >= 15 is 0 Å². The van der Waals surface area contributed by atoms with Gasteiger partial charge >= 0.3 is 12.1 Å². The smallest absolute Gasteiger partial charge is 0.458 e. The Morgan fingerprint density at radius 3 is 2.41 bits per heavy atom. The van der Waals surface area contributed by atoms with E-state index in [2.05, 4.69) is 25.5 Å². The van der Waals surface area contributed by atoms with Gasteiger partial charge in [-0.3, -0.25) is 4.79 Å². The number of aromatic nitrogens is 2. The van der Waals surface area contributed by atoms with Gasteiger partial charge in [-0.1, -0.05) is 12.1 Å². The summed E-state index contributed by atoms with van der Waals surface area (Å²) < 4.78 is 70.3. The number of pyridine rings is 2. The van der Waals surface area contributed by atoms with Gasteiger partial charge in [0.1, 0.15) is 5.82 Å². The molecule has 3 rings (SSSR count). The van der Waals surface area contributed by atoms with Gasteiger partial charge in [0, 0.05) is 42.8 Å². The minimum atomic E-state index is -5.72. The van der Waals surface area contributed by atoms with Crippen molar-refractivity contribution in [2.24, 2.45) is 0 Å². The molecule has 1 amide bonds. The first kappa shape index (κ1) is 27.8. The van der Waals surface area contributed by atoms with Crippen molar-refractivity contribution in [1.29, 1.82) is 0 Å². The molecule has 0 aliphatic rings. The van der Waals surface area contributed by atoms with E-state index in [9.17, 15) is 26.7 Å². The molecule has 7 nitrogen and oxygen atoms in total. The summed E-state index contributed by atoms with van der Waals surface area (Å²) in [6, 6.07) is 9.79. The number of carbonyl (C=O) groups excluding carboxylic acids is 1. The first-order valence-electron chi connectivity index (χ1n) is 11.2. The lowest BCUT2D eigenvalue weighted by Gasteiger charge is -2.20. The minimum absolute atomic E-state index is 0.0479. The molecule has 0 aliphatic carbocycles. The standard InChI is InChI=1S/C25H26F5N5O2/c1-35(2)13-4-14-37-21-15-17(10-12-31-21)16-33-22-20(5-3-11-32-22)23(36)34-19-8-6-18(7-9-19)24(26,27)25(28,29)30/h3,5-12,15H,4,13-14,16H2,1-2H3,(H,32,33)(H,34,36). The summed E-state index contributed by atoms with van der Waals surface area (Å²) in [5.41, 5.74) is -0.191. The zero-order chi connectivity index (χ0) is 27.1. The van der Waals surface area contributed by atoms with Crippen molar-refractivity contribution in [3.8, 4) is 5.88 Å². The maximum absolute atomic E-state index is 13.5. The molecule has 1 aromatic carbocycles. The van der Waals surface area contributed by atoms with Crippen LogP contribution in [0.15, 0.2) is 60.9 Å². The molecule has 2 N–H and O–H groups in total. The highest BCUT2D eigenvalue weighted by molar-refractivity contribution is 6.07. The normalized spacial score (nSPS) is 11.9. The summed E-state index contributed by atoms with van der Waals surface area (Å²) in [6.07, 6.45) is -1.78.